The predicted molar refractivity (Wildman–Crippen MR) is 119 cm³/mol. The van der Waals surface area contributed by atoms with Crippen LogP contribution in [0.3, 0.4) is 0 Å². The Labute approximate surface area is 181 Å². The molecule has 0 fully saturated rings. The maximum Gasteiger partial charge on any atom is 0.251 e. The van der Waals surface area contributed by atoms with E-state index in [-0.39, 0.29) is 17.6 Å². The number of carbonyl (C=O) groups is 2. The van der Waals surface area contributed by atoms with Crippen molar-refractivity contribution in [2.24, 2.45) is 0 Å². The molecule has 6 nitrogen and oxygen atoms in total. The number of ether oxygens (including phenoxy) is 1. The van der Waals surface area contributed by atoms with Gasteiger partial charge in [-0.3, -0.25) is 9.59 Å². The minimum Gasteiger partial charge on any atom is -0.508 e. The van der Waals surface area contributed by atoms with Gasteiger partial charge in [-0.1, -0.05) is 42.0 Å². The Morgan fingerprint density at radius 3 is 2.16 bits per heavy atom. The molecule has 3 rings (SSSR count). The van der Waals surface area contributed by atoms with Crippen LogP contribution < -0.4 is 15.4 Å². The molecule has 0 heterocycles. The second-order valence-corrected chi connectivity index (χ2v) is 7.22. The molecule has 0 aliphatic rings. The van der Waals surface area contributed by atoms with E-state index in [0.717, 1.165) is 5.56 Å². The number of amides is 2. The van der Waals surface area contributed by atoms with Gasteiger partial charge in [0.2, 0.25) is 0 Å². The maximum atomic E-state index is 12.4. The summed E-state index contributed by atoms with van der Waals surface area (Å²) in [5.74, 6) is 0.221. The van der Waals surface area contributed by atoms with Crippen LogP contribution in [-0.2, 0) is 6.61 Å². The van der Waals surface area contributed by atoms with E-state index in [2.05, 4.69) is 16.7 Å². The second kappa shape index (κ2) is 10.8. The Bertz CT molecular complexity index is 1050. The summed E-state index contributed by atoms with van der Waals surface area (Å²) in [6, 6.07) is 21.3. The number of aromatic hydroxyl groups is 1. The van der Waals surface area contributed by atoms with Crippen LogP contribution in [0.5, 0.6) is 11.5 Å². The molecule has 31 heavy (non-hydrogen) atoms. The second-order valence-electron chi connectivity index (χ2n) is 7.22. The minimum atomic E-state index is -0.263. The summed E-state index contributed by atoms with van der Waals surface area (Å²) in [7, 11) is 0. The SMILES string of the molecule is Cc1cccc(COc2cccc(C(=O)NCCCNC(=O)c3cccc(O)c3)c2)c1. The van der Waals surface area contributed by atoms with E-state index in [1.54, 1.807) is 30.3 Å². The van der Waals surface area contributed by atoms with E-state index in [1.165, 1.54) is 17.7 Å². The van der Waals surface area contributed by atoms with Crippen LogP contribution in [0.15, 0.2) is 72.8 Å². The van der Waals surface area contributed by atoms with Crippen LogP contribution in [0.25, 0.3) is 0 Å². The van der Waals surface area contributed by atoms with Crippen molar-refractivity contribution in [1.29, 1.82) is 0 Å². The summed E-state index contributed by atoms with van der Waals surface area (Å²) in [6.07, 6.45) is 0.583. The highest BCUT2D eigenvalue weighted by atomic mass is 16.5. The van der Waals surface area contributed by atoms with Crippen molar-refractivity contribution in [3.63, 3.8) is 0 Å². The van der Waals surface area contributed by atoms with Crippen molar-refractivity contribution in [1.82, 2.24) is 10.6 Å². The topological polar surface area (TPSA) is 87.7 Å². The molecule has 0 spiro atoms. The van der Waals surface area contributed by atoms with Crippen LogP contribution >= 0.6 is 0 Å². The summed E-state index contributed by atoms with van der Waals surface area (Å²) in [6.45, 7) is 3.31. The van der Waals surface area contributed by atoms with E-state index in [1.807, 2.05) is 31.2 Å². The number of nitrogens with one attached hydrogen (secondary N) is 2. The molecule has 0 bridgehead atoms. The first-order valence-electron chi connectivity index (χ1n) is 10.1. The van der Waals surface area contributed by atoms with Crippen molar-refractivity contribution >= 4 is 11.8 Å². The van der Waals surface area contributed by atoms with Crippen LogP contribution in [0.4, 0.5) is 0 Å². The van der Waals surface area contributed by atoms with Crippen LogP contribution in [0.1, 0.15) is 38.3 Å². The van der Waals surface area contributed by atoms with Crippen molar-refractivity contribution < 1.29 is 19.4 Å². The highest BCUT2D eigenvalue weighted by Gasteiger charge is 2.08. The fraction of sp³-hybridized carbons (Fsp3) is 0.200. The molecular formula is C25H26N2O4. The smallest absolute Gasteiger partial charge is 0.251 e. The summed E-state index contributed by atoms with van der Waals surface area (Å²) in [5, 5.41) is 15.0. The lowest BCUT2D eigenvalue weighted by Gasteiger charge is -2.10. The van der Waals surface area contributed by atoms with Gasteiger partial charge in [-0.15, -0.1) is 0 Å². The Hall–Kier alpha value is -3.80. The summed E-state index contributed by atoms with van der Waals surface area (Å²) < 4.78 is 5.81. The number of hydrogen-bond donors (Lipinski definition) is 3. The van der Waals surface area contributed by atoms with Gasteiger partial charge in [0.1, 0.15) is 18.1 Å². The lowest BCUT2D eigenvalue weighted by molar-refractivity contribution is 0.0951. The summed E-state index contributed by atoms with van der Waals surface area (Å²) >= 11 is 0. The molecule has 3 aromatic carbocycles. The summed E-state index contributed by atoms with van der Waals surface area (Å²) in [5.41, 5.74) is 3.16. The molecule has 0 radical (unpaired) electrons. The number of rotatable bonds is 9. The Kier molecular flexibility index (Phi) is 7.65. The first-order chi connectivity index (χ1) is 15.0. The van der Waals surface area contributed by atoms with Crippen LogP contribution in [0.2, 0.25) is 0 Å². The van der Waals surface area contributed by atoms with Gasteiger partial charge in [0, 0.05) is 24.2 Å². The standard InChI is InChI=1S/C25H26N2O4/c1-18-6-2-7-19(14-18)17-31-23-11-4-9-21(16-23)25(30)27-13-5-12-26-24(29)20-8-3-10-22(28)15-20/h2-4,6-11,14-16,28H,5,12-13,17H2,1H3,(H,26,29)(H,27,30). The van der Waals surface area contributed by atoms with Crippen LogP contribution in [-0.4, -0.2) is 30.0 Å². The van der Waals surface area contributed by atoms with E-state index in [4.69, 9.17) is 4.74 Å². The zero-order valence-electron chi connectivity index (χ0n) is 17.4. The van der Waals surface area contributed by atoms with Crippen molar-refractivity contribution in [2.45, 2.75) is 20.0 Å². The zero-order chi connectivity index (χ0) is 22.1. The molecule has 2 amide bonds. The number of aryl methyl sites for hydroxylation is 1. The Morgan fingerprint density at radius 1 is 0.839 bits per heavy atom. The molecule has 3 N–H and O–H groups in total. The molecule has 6 heteroatoms. The fourth-order valence-corrected chi connectivity index (χ4v) is 3.04. The lowest BCUT2D eigenvalue weighted by Crippen LogP contribution is -2.29. The molecule has 3 aromatic rings. The van der Waals surface area contributed by atoms with Gasteiger partial charge in [-0.25, -0.2) is 0 Å². The quantitative estimate of drug-likeness (QED) is 0.461. The third kappa shape index (κ3) is 6.89. The fourth-order valence-electron chi connectivity index (χ4n) is 3.04. The summed E-state index contributed by atoms with van der Waals surface area (Å²) in [4.78, 5) is 24.4. The third-order valence-corrected chi connectivity index (χ3v) is 4.62. The Morgan fingerprint density at radius 2 is 1.48 bits per heavy atom. The molecule has 0 saturated carbocycles. The van der Waals surface area contributed by atoms with E-state index >= 15 is 0 Å². The van der Waals surface area contributed by atoms with Crippen molar-refractivity contribution in [3.05, 3.63) is 95.1 Å². The molecule has 0 aliphatic carbocycles. The van der Waals surface area contributed by atoms with Gasteiger partial charge >= 0.3 is 0 Å². The van der Waals surface area contributed by atoms with Crippen molar-refractivity contribution in [2.75, 3.05) is 13.1 Å². The van der Waals surface area contributed by atoms with E-state index in [0.29, 0.717) is 43.0 Å². The average Bonchev–Trinajstić information content (AvgIpc) is 2.77. The normalized spacial score (nSPS) is 10.4. The monoisotopic (exact) mass is 418 g/mol. The van der Waals surface area contributed by atoms with E-state index < -0.39 is 0 Å². The van der Waals surface area contributed by atoms with Gasteiger partial charge in [0.15, 0.2) is 0 Å². The molecule has 0 aromatic heterocycles. The predicted octanol–water partition coefficient (Wildman–Crippen LogP) is 3.83. The van der Waals surface area contributed by atoms with Gasteiger partial charge in [0.05, 0.1) is 0 Å². The molecule has 0 unspecified atom stereocenters. The number of carbonyl (C=O) groups excluding carboxylic acids is 2. The number of benzene rings is 3. The van der Waals surface area contributed by atoms with Crippen LogP contribution in [0, 0.1) is 6.92 Å². The van der Waals surface area contributed by atoms with Gasteiger partial charge in [-0.05, 0) is 55.3 Å². The average molecular weight is 418 g/mol. The molecule has 0 atom stereocenters. The molecular weight excluding hydrogens is 392 g/mol. The van der Waals surface area contributed by atoms with Gasteiger partial charge < -0.3 is 20.5 Å². The van der Waals surface area contributed by atoms with E-state index in [9.17, 15) is 14.7 Å². The Balaban J connectivity index is 1.41. The largest absolute Gasteiger partial charge is 0.508 e. The third-order valence-electron chi connectivity index (χ3n) is 4.62. The molecule has 0 aliphatic heterocycles. The lowest BCUT2D eigenvalue weighted by atomic mass is 10.1. The minimum absolute atomic E-state index is 0.0463. The maximum absolute atomic E-state index is 12.4. The number of phenolic OH excluding ortho intramolecular Hbond substituents is 1. The molecule has 160 valence electrons. The first-order valence-corrected chi connectivity index (χ1v) is 10.1. The first kappa shape index (κ1) is 21.9. The highest BCUT2D eigenvalue weighted by molar-refractivity contribution is 5.95. The highest BCUT2D eigenvalue weighted by Crippen LogP contribution is 2.16. The number of phenols is 1. The van der Waals surface area contributed by atoms with Gasteiger partial charge in [0.25, 0.3) is 11.8 Å². The van der Waals surface area contributed by atoms with Crippen molar-refractivity contribution in [3.8, 4) is 11.5 Å². The van der Waals surface area contributed by atoms with Gasteiger partial charge in [-0.2, -0.15) is 0 Å². The molecule has 0 saturated heterocycles. The zero-order valence-corrected chi connectivity index (χ0v) is 17.4. The number of hydrogen-bond acceptors (Lipinski definition) is 4.